The van der Waals surface area contributed by atoms with E-state index in [2.05, 4.69) is 53.3 Å². The third-order valence-electron chi connectivity index (χ3n) is 14.4. The van der Waals surface area contributed by atoms with Gasteiger partial charge in [-0.25, -0.2) is 9.59 Å². The number of para-hydroxylation sites is 2. The Morgan fingerprint density at radius 2 is 1.07 bits per heavy atom. The first-order chi connectivity index (χ1) is 41.7. The number of halogens is 3. The van der Waals surface area contributed by atoms with Crippen molar-refractivity contribution < 1.29 is 43.0 Å². The zero-order chi connectivity index (χ0) is 62.8. The highest BCUT2D eigenvalue weighted by atomic mass is 35.5. The number of nitrogens with zero attached hydrogens (tertiary/aromatic N) is 8. The van der Waals surface area contributed by atoms with Gasteiger partial charge in [-0.3, -0.25) is 38.7 Å². The monoisotopic (exact) mass is 1240 g/mol. The zero-order valence-electron chi connectivity index (χ0n) is 49.4. The number of carbonyl (C=O) groups excluding carboxylic acids is 7. The smallest absolute Gasteiger partial charge is 0.379 e. The number of aromatic nitrogens is 7. The molecule has 0 fully saturated rings. The molecular formula is C64H66Cl3N11O9. The van der Waals surface area contributed by atoms with Crippen molar-refractivity contribution in [3.8, 4) is 0 Å². The number of imide groups is 1. The second-order valence-electron chi connectivity index (χ2n) is 20.8. The van der Waals surface area contributed by atoms with Gasteiger partial charge in [0.15, 0.2) is 0 Å². The second-order valence-corrected chi connectivity index (χ2v) is 22.1. The number of rotatable bonds is 18. The standard InChI is InChI=1S/C26H26ClN5O2.C14H20N4O.C13H12ClNO3.C11H8ClNO3/c1-4-31-15-19(18-14-16(27)10-11-20(18)31)22-23(26(34)28-25(22)33)24-17-8-5-6-9-21(17)32(29-24)13-7-12-30(2)3;1-17(2)8-5-9-18-13-7-4-3-6-11(13)12(16-18)10-14(15)19;1-3-15-7-10(12(16)13(17)18-2)9-6-8(14)4-5-11(9)15;1-16-11(15)10(14)8-5-13-9-3-2-6(12)4-7(8)9/h5-6,8-11,14-15H,4,7,12-13H2,1-3H3,(H,28,33,34);3-4,6-7H,5,8-10H2,1-2H3,(H2,15,19);4-7H,3H2,1-2H3;2-5,13H,1H3. The normalized spacial score (nSPS) is 12.1. The van der Waals surface area contributed by atoms with Gasteiger partial charge < -0.3 is 39.1 Å². The van der Waals surface area contributed by atoms with Gasteiger partial charge >= 0.3 is 11.9 Å². The van der Waals surface area contributed by atoms with Gasteiger partial charge in [0.25, 0.3) is 23.4 Å². The zero-order valence-corrected chi connectivity index (χ0v) is 51.6. The van der Waals surface area contributed by atoms with E-state index < -0.39 is 35.3 Å². The third kappa shape index (κ3) is 14.5. The van der Waals surface area contributed by atoms with Crippen LogP contribution in [0.25, 0.3) is 65.7 Å². The number of benzene rings is 5. The molecule has 0 saturated carbocycles. The Labute approximate surface area is 516 Å². The van der Waals surface area contributed by atoms with Crippen LogP contribution >= 0.6 is 34.8 Å². The SMILES string of the molecule is CCn1cc(C(=O)C(=O)OC)c2cc(Cl)ccc21.CCn1cc(C2=C(c3nn(CCCN(C)C)c4ccccc34)C(=O)NC2=O)c2cc(Cl)ccc21.CN(C)CCCn1nc(CC(N)=O)c2ccccc21.COC(=O)C(=O)c1c[nH]c2ccc(Cl)cc12. The Hall–Kier alpha value is -8.92. The van der Waals surface area contributed by atoms with Crippen molar-refractivity contribution in [3.05, 3.63) is 165 Å². The van der Waals surface area contributed by atoms with E-state index in [-0.39, 0.29) is 17.9 Å². The summed E-state index contributed by atoms with van der Waals surface area (Å²) >= 11 is 18.1. The minimum Gasteiger partial charge on any atom is -0.463 e. The van der Waals surface area contributed by atoms with E-state index >= 15 is 0 Å². The average molecular weight is 1240 g/mol. The van der Waals surface area contributed by atoms with Crippen molar-refractivity contribution in [2.24, 2.45) is 5.73 Å². The predicted molar refractivity (Wildman–Crippen MR) is 340 cm³/mol. The van der Waals surface area contributed by atoms with Crippen LogP contribution in [0.1, 0.15) is 64.4 Å². The van der Waals surface area contributed by atoms with E-state index in [9.17, 15) is 33.6 Å². The van der Waals surface area contributed by atoms with Crippen LogP contribution in [0.5, 0.6) is 0 Å². The van der Waals surface area contributed by atoms with Crippen LogP contribution in [0.3, 0.4) is 0 Å². The Bertz CT molecular complexity index is 4300. The summed E-state index contributed by atoms with van der Waals surface area (Å²) in [6.45, 7) is 8.91. The summed E-state index contributed by atoms with van der Waals surface area (Å²) in [6.07, 6.45) is 7.18. The van der Waals surface area contributed by atoms with Crippen molar-refractivity contribution in [2.75, 3.05) is 55.5 Å². The number of hydrogen-bond donors (Lipinski definition) is 3. The van der Waals surface area contributed by atoms with Crippen LogP contribution in [0.15, 0.2) is 122 Å². The lowest BCUT2D eigenvalue weighted by molar-refractivity contribution is -0.135. The van der Waals surface area contributed by atoms with E-state index in [0.29, 0.717) is 66.9 Å². The lowest BCUT2D eigenvalue weighted by Crippen LogP contribution is -2.22. The van der Waals surface area contributed by atoms with Crippen LogP contribution < -0.4 is 11.1 Å². The maximum absolute atomic E-state index is 13.1. The molecule has 6 heterocycles. The summed E-state index contributed by atoms with van der Waals surface area (Å²) in [7, 11) is 10.5. The molecule has 10 aromatic rings. The molecule has 4 N–H and O–H groups in total. The van der Waals surface area contributed by atoms with E-state index in [1.54, 1.807) is 36.5 Å². The lowest BCUT2D eigenvalue weighted by atomic mass is 9.97. The fourth-order valence-electron chi connectivity index (χ4n) is 10.3. The minimum atomic E-state index is -0.888. The topological polar surface area (TPSA) is 244 Å². The molecular weight excluding hydrogens is 1170 g/mol. The van der Waals surface area contributed by atoms with Gasteiger partial charge in [0, 0.05) is 109 Å². The first kappa shape index (κ1) is 64.1. The minimum absolute atomic E-state index is 0.196. The Kier molecular flexibility index (Phi) is 21.0. The number of esters is 2. The molecule has 20 nitrogen and oxygen atoms in total. The largest absolute Gasteiger partial charge is 0.463 e. The third-order valence-corrected chi connectivity index (χ3v) is 15.1. The van der Waals surface area contributed by atoms with E-state index in [1.807, 2.05) is 121 Å². The number of ether oxygens (including phenoxy) is 2. The van der Waals surface area contributed by atoms with Gasteiger partial charge in [-0.15, -0.1) is 0 Å². The number of amides is 3. The van der Waals surface area contributed by atoms with Gasteiger partial charge in [0.2, 0.25) is 5.91 Å². The molecule has 5 aromatic heterocycles. The van der Waals surface area contributed by atoms with Crippen molar-refractivity contribution in [1.29, 1.82) is 0 Å². The number of carbonyl (C=O) groups is 7. The number of aromatic amines is 1. The second kappa shape index (κ2) is 28.5. The highest BCUT2D eigenvalue weighted by Gasteiger charge is 2.36. The summed E-state index contributed by atoms with van der Waals surface area (Å²) < 4.78 is 16.7. The molecule has 5 aromatic carbocycles. The van der Waals surface area contributed by atoms with Gasteiger partial charge in [-0.1, -0.05) is 71.2 Å². The predicted octanol–water partition coefficient (Wildman–Crippen LogP) is 10.0. The number of Topliss-reactive ketones (excluding diaryl/α,β-unsaturated/α-hetero) is 2. The van der Waals surface area contributed by atoms with Crippen LogP contribution in [0, 0.1) is 0 Å². The van der Waals surface area contributed by atoms with Crippen molar-refractivity contribution in [1.82, 2.24) is 48.8 Å². The van der Waals surface area contributed by atoms with Gasteiger partial charge in [-0.05, 0) is 135 Å². The molecule has 0 aliphatic carbocycles. The summed E-state index contributed by atoms with van der Waals surface area (Å²) in [4.78, 5) is 90.5. The number of hydrogen-bond acceptors (Lipinski definition) is 13. The number of ketones is 2. The average Bonchev–Trinajstić information content (AvgIpc) is 2.08. The highest BCUT2D eigenvalue weighted by Crippen LogP contribution is 2.39. The molecule has 452 valence electrons. The van der Waals surface area contributed by atoms with Gasteiger partial charge in [0.1, 0.15) is 5.69 Å². The summed E-state index contributed by atoms with van der Waals surface area (Å²) in [5, 5.41) is 17.5. The molecule has 11 rings (SSSR count). The molecule has 87 heavy (non-hydrogen) atoms. The van der Waals surface area contributed by atoms with Crippen LogP contribution in [0.2, 0.25) is 15.1 Å². The maximum Gasteiger partial charge on any atom is 0.379 e. The first-order valence-electron chi connectivity index (χ1n) is 27.8. The van der Waals surface area contributed by atoms with Crippen LogP contribution in [-0.4, -0.2) is 140 Å². The van der Waals surface area contributed by atoms with E-state index in [1.165, 1.54) is 20.4 Å². The number of methoxy groups -OCH3 is 2. The molecule has 3 amide bonds. The molecule has 0 bridgehead atoms. The van der Waals surface area contributed by atoms with E-state index in [4.69, 9.17) is 45.6 Å². The molecule has 1 aliphatic heterocycles. The molecule has 0 saturated heterocycles. The Morgan fingerprint density at radius 1 is 0.575 bits per heavy atom. The molecule has 0 atom stereocenters. The molecule has 0 unspecified atom stereocenters. The van der Waals surface area contributed by atoms with Crippen molar-refractivity contribution >= 4 is 142 Å². The molecule has 23 heteroatoms. The number of nitrogens with two attached hydrogens (primary N) is 1. The van der Waals surface area contributed by atoms with Crippen LogP contribution in [0.4, 0.5) is 0 Å². The maximum atomic E-state index is 13.1. The highest BCUT2D eigenvalue weighted by molar-refractivity contribution is 6.51. The van der Waals surface area contributed by atoms with E-state index in [0.717, 1.165) is 88.5 Å². The molecule has 0 spiro atoms. The lowest BCUT2D eigenvalue weighted by Gasteiger charge is -2.09. The number of fused-ring (bicyclic) bond motifs is 5. The Morgan fingerprint density at radius 3 is 1.64 bits per heavy atom. The number of aryl methyl sites for hydroxylation is 4. The number of primary amides is 1. The fraction of sp³-hybridized carbons (Fsp3) is 0.266. The number of nitrogens with one attached hydrogen (secondary N) is 2. The Balaban J connectivity index is 0.000000159. The quantitative estimate of drug-likeness (QED) is 0.0314. The molecule has 0 radical (unpaired) electrons. The summed E-state index contributed by atoms with van der Waals surface area (Å²) in [5.41, 5.74) is 13.1. The summed E-state index contributed by atoms with van der Waals surface area (Å²) in [6, 6.07) is 31.7. The molecule has 1 aliphatic rings. The van der Waals surface area contributed by atoms with Gasteiger partial charge in [0.05, 0.1) is 59.6 Å². The van der Waals surface area contributed by atoms with Crippen molar-refractivity contribution in [2.45, 2.75) is 59.3 Å². The van der Waals surface area contributed by atoms with Gasteiger partial charge in [-0.2, -0.15) is 10.2 Å². The first-order valence-corrected chi connectivity index (χ1v) is 29.0. The van der Waals surface area contributed by atoms with Crippen molar-refractivity contribution in [3.63, 3.8) is 0 Å². The fourth-order valence-corrected chi connectivity index (χ4v) is 10.8. The number of H-pyrrole nitrogens is 1. The summed E-state index contributed by atoms with van der Waals surface area (Å²) in [5.74, 6) is -4.29. The van der Waals surface area contributed by atoms with Crippen LogP contribution in [-0.2, 0) is 66.0 Å².